The topological polar surface area (TPSA) is 45.0 Å². The maximum atomic E-state index is 8.76. The molecule has 98 valence electrons. The van der Waals surface area contributed by atoms with Gasteiger partial charge in [-0.25, -0.2) is 0 Å². The highest BCUT2D eigenvalue weighted by atomic mass is 79.9. The third-order valence-corrected chi connectivity index (χ3v) is 3.43. The lowest BCUT2D eigenvalue weighted by atomic mass is 10.2. The Morgan fingerprint density at radius 1 is 1.28 bits per heavy atom. The van der Waals surface area contributed by atoms with E-state index in [0.717, 1.165) is 21.1 Å². The second kappa shape index (κ2) is 7.13. The van der Waals surface area contributed by atoms with E-state index in [1.165, 1.54) is 0 Å². The van der Waals surface area contributed by atoms with Gasteiger partial charge in [0, 0.05) is 12.6 Å². The third kappa shape index (κ3) is 4.60. The molecule has 1 aromatic rings. The van der Waals surface area contributed by atoms with Gasteiger partial charge in [-0.1, -0.05) is 13.8 Å². The highest BCUT2D eigenvalue weighted by Crippen LogP contribution is 2.35. The number of nitrogens with zero attached hydrogens (tertiary/aromatic N) is 1. The maximum absolute atomic E-state index is 8.76. The molecular weight excluding hydrogens is 360 g/mol. The molecule has 0 amide bonds. The smallest absolute Gasteiger partial charge is 0.181 e. The first-order chi connectivity index (χ1) is 8.43. The van der Waals surface area contributed by atoms with Crippen LogP contribution >= 0.6 is 31.9 Å². The number of hydrogen-bond donors (Lipinski definition) is 1. The molecule has 18 heavy (non-hydrogen) atoms. The number of halogens is 2. The Balaban J connectivity index is 2.87. The zero-order chi connectivity index (χ0) is 13.7. The first-order valence-electron chi connectivity index (χ1n) is 5.71. The van der Waals surface area contributed by atoms with Gasteiger partial charge in [0.1, 0.15) is 11.8 Å². The minimum atomic E-state index is -0.475. The average molecular weight is 376 g/mol. The summed E-state index contributed by atoms with van der Waals surface area (Å²) in [5.41, 5.74) is 1.15. The van der Waals surface area contributed by atoms with Crippen molar-refractivity contribution in [2.45, 2.75) is 39.5 Å². The van der Waals surface area contributed by atoms with Gasteiger partial charge in [-0.2, -0.15) is 5.26 Å². The summed E-state index contributed by atoms with van der Waals surface area (Å²) in [4.78, 5) is 0. The van der Waals surface area contributed by atoms with Crippen molar-refractivity contribution in [1.82, 2.24) is 5.32 Å². The van der Waals surface area contributed by atoms with E-state index >= 15 is 0 Å². The lowest BCUT2D eigenvalue weighted by Gasteiger charge is -2.14. The minimum absolute atomic E-state index is 0.442. The quantitative estimate of drug-likeness (QED) is 0.845. The Hall–Kier alpha value is -0.570. The van der Waals surface area contributed by atoms with Gasteiger partial charge < -0.3 is 10.1 Å². The molecule has 0 radical (unpaired) electrons. The van der Waals surface area contributed by atoms with Crippen LogP contribution in [0.2, 0.25) is 0 Å². The molecule has 1 rings (SSSR count). The number of ether oxygens (including phenoxy) is 1. The van der Waals surface area contributed by atoms with Crippen LogP contribution in [0.5, 0.6) is 5.75 Å². The molecule has 3 nitrogen and oxygen atoms in total. The maximum Gasteiger partial charge on any atom is 0.181 e. The number of benzene rings is 1. The Morgan fingerprint density at radius 3 is 2.28 bits per heavy atom. The fraction of sp³-hybridized carbons (Fsp3) is 0.462. The Bertz CT molecular complexity index is 432. The van der Waals surface area contributed by atoms with E-state index in [4.69, 9.17) is 10.00 Å². The first kappa shape index (κ1) is 15.5. The van der Waals surface area contributed by atoms with Crippen molar-refractivity contribution < 1.29 is 4.74 Å². The van der Waals surface area contributed by atoms with Crippen molar-refractivity contribution in [3.63, 3.8) is 0 Å². The molecule has 1 atom stereocenters. The van der Waals surface area contributed by atoms with Crippen molar-refractivity contribution in [2.24, 2.45) is 0 Å². The summed E-state index contributed by atoms with van der Waals surface area (Å²) in [5.74, 6) is 0.664. The number of nitrogens with one attached hydrogen (secondary N) is 1. The Labute approximate surface area is 125 Å². The van der Waals surface area contributed by atoms with E-state index in [1.807, 2.05) is 18.2 Å². The Kier molecular flexibility index (Phi) is 6.13. The fourth-order valence-electron chi connectivity index (χ4n) is 1.35. The predicted octanol–water partition coefficient (Wildman–Crippen LogP) is 4.00. The van der Waals surface area contributed by atoms with Crippen molar-refractivity contribution in [3.8, 4) is 11.8 Å². The molecule has 0 saturated heterocycles. The van der Waals surface area contributed by atoms with E-state index in [-0.39, 0.29) is 0 Å². The summed E-state index contributed by atoms with van der Waals surface area (Å²) < 4.78 is 7.22. The molecule has 0 bridgehead atoms. The summed E-state index contributed by atoms with van der Waals surface area (Å²) in [6.45, 7) is 6.72. The average Bonchev–Trinajstić information content (AvgIpc) is 2.30. The van der Waals surface area contributed by atoms with Gasteiger partial charge in [-0.3, -0.25) is 0 Å². The van der Waals surface area contributed by atoms with Gasteiger partial charge in [-0.15, -0.1) is 0 Å². The van der Waals surface area contributed by atoms with E-state index < -0.39 is 6.10 Å². The van der Waals surface area contributed by atoms with Gasteiger partial charge in [0.15, 0.2) is 6.10 Å². The van der Waals surface area contributed by atoms with Crippen molar-refractivity contribution in [2.75, 3.05) is 0 Å². The van der Waals surface area contributed by atoms with Gasteiger partial charge in [-0.05, 0) is 56.5 Å². The molecule has 0 aliphatic carbocycles. The minimum Gasteiger partial charge on any atom is -0.474 e. The van der Waals surface area contributed by atoms with E-state index in [2.05, 4.69) is 51.0 Å². The monoisotopic (exact) mass is 374 g/mol. The summed E-state index contributed by atoms with van der Waals surface area (Å²) >= 11 is 6.94. The van der Waals surface area contributed by atoms with E-state index in [9.17, 15) is 0 Å². The molecule has 0 aliphatic rings. The molecule has 5 heteroatoms. The van der Waals surface area contributed by atoms with Crippen molar-refractivity contribution in [3.05, 3.63) is 26.6 Å². The largest absolute Gasteiger partial charge is 0.474 e. The van der Waals surface area contributed by atoms with Crippen LogP contribution in [-0.4, -0.2) is 12.1 Å². The third-order valence-electron chi connectivity index (χ3n) is 2.25. The van der Waals surface area contributed by atoms with Crippen LogP contribution in [0.3, 0.4) is 0 Å². The molecule has 0 fully saturated rings. The molecule has 0 aromatic heterocycles. The standard InChI is InChI=1S/C13H16Br2N2O/c1-8(2)17-7-10-4-11(14)13(12(15)5-10)18-9(3)6-16/h4-5,8-9,17H,7H2,1-3H3. The lowest BCUT2D eigenvalue weighted by Crippen LogP contribution is -2.21. The van der Waals surface area contributed by atoms with Crippen molar-refractivity contribution in [1.29, 1.82) is 5.26 Å². The van der Waals surface area contributed by atoms with Crippen LogP contribution < -0.4 is 10.1 Å². The van der Waals surface area contributed by atoms with Crippen LogP contribution in [0.4, 0.5) is 0 Å². The van der Waals surface area contributed by atoms with Crippen LogP contribution in [0.1, 0.15) is 26.3 Å². The molecule has 0 spiro atoms. The van der Waals surface area contributed by atoms with Crippen LogP contribution in [0.15, 0.2) is 21.1 Å². The van der Waals surface area contributed by atoms with E-state index in [1.54, 1.807) is 6.92 Å². The van der Waals surface area contributed by atoms with Gasteiger partial charge in [0.05, 0.1) is 8.95 Å². The van der Waals surface area contributed by atoms with Crippen molar-refractivity contribution >= 4 is 31.9 Å². The summed E-state index contributed by atoms with van der Waals surface area (Å²) in [6, 6.07) is 6.49. The zero-order valence-electron chi connectivity index (χ0n) is 10.6. The molecule has 0 heterocycles. The zero-order valence-corrected chi connectivity index (χ0v) is 13.8. The number of nitriles is 1. The predicted molar refractivity (Wildman–Crippen MR) is 79.5 cm³/mol. The van der Waals surface area contributed by atoms with Crippen LogP contribution in [0.25, 0.3) is 0 Å². The summed E-state index contributed by atoms with van der Waals surface area (Å²) in [7, 11) is 0. The number of hydrogen-bond acceptors (Lipinski definition) is 3. The van der Waals surface area contributed by atoms with Gasteiger partial charge >= 0.3 is 0 Å². The molecule has 1 aromatic carbocycles. The molecule has 1 unspecified atom stereocenters. The highest BCUT2D eigenvalue weighted by Gasteiger charge is 2.12. The van der Waals surface area contributed by atoms with Crippen LogP contribution in [0, 0.1) is 11.3 Å². The normalized spacial score (nSPS) is 12.3. The second-order valence-electron chi connectivity index (χ2n) is 4.31. The second-order valence-corrected chi connectivity index (χ2v) is 6.02. The fourth-order valence-corrected chi connectivity index (χ4v) is 2.82. The lowest BCUT2D eigenvalue weighted by molar-refractivity contribution is 0.273. The highest BCUT2D eigenvalue weighted by molar-refractivity contribution is 9.11. The Morgan fingerprint density at radius 2 is 1.83 bits per heavy atom. The summed E-state index contributed by atoms with van der Waals surface area (Å²) in [6.07, 6.45) is -0.475. The molecule has 0 saturated carbocycles. The SMILES string of the molecule is CC(C)NCc1cc(Br)c(OC(C)C#N)c(Br)c1. The van der Waals surface area contributed by atoms with Gasteiger partial charge in [0.2, 0.25) is 0 Å². The number of rotatable bonds is 5. The molecular formula is C13H16Br2N2O. The first-order valence-corrected chi connectivity index (χ1v) is 7.30. The van der Waals surface area contributed by atoms with E-state index in [0.29, 0.717) is 11.8 Å². The van der Waals surface area contributed by atoms with Gasteiger partial charge in [0.25, 0.3) is 0 Å². The molecule has 1 N–H and O–H groups in total. The summed E-state index contributed by atoms with van der Waals surface area (Å²) in [5, 5.41) is 12.1. The van der Waals surface area contributed by atoms with Crippen LogP contribution in [-0.2, 0) is 6.54 Å². The molecule has 0 aliphatic heterocycles.